The van der Waals surface area contributed by atoms with Crippen molar-refractivity contribution in [3.05, 3.63) is 52.7 Å². The Morgan fingerprint density at radius 1 is 1.33 bits per heavy atom. The summed E-state index contributed by atoms with van der Waals surface area (Å²) >= 11 is 1.46. The molecule has 6 heteroatoms. The Hall–Kier alpha value is -2.52. The van der Waals surface area contributed by atoms with Gasteiger partial charge in [-0.2, -0.15) is 5.26 Å². The highest BCUT2D eigenvalue weighted by Crippen LogP contribution is 2.27. The molecule has 0 saturated heterocycles. The Morgan fingerprint density at radius 3 is 2.62 bits per heavy atom. The first-order valence-corrected chi connectivity index (χ1v) is 8.42. The van der Waals surface area contributed by atoms with Crippen molar-refractivity contribution in [1.29, 1.82) is 5.26 Å². The SMILES string of the molecule is CCOC(=O)c1cc(C#N)c(SCc2ccc(OC)cc2)nc1C. The lowest BCUT2D eigenvalue weighted by molar-refractivity contribution is 0.0524. The molecule has 24 heavy (non-hydrogen) atoms. The molecule has 0 fully saturated rings. The second-order valence-corrected chi connectivity index (χ2v) is 5.91. The first-order chi connectivity index (χ1) is 11.6. The van der Waals surface area contributed by atoms with Crippen molar-refractivity contribution in [2.24, 2.45) is 0 Å². The van der Waals surface area contributed by atoms with Crippen LogP contribution in [0.25, 0.3) is 0 Å². The first-order valence-electron chi connectivity index (χ1n) is 7.43. The van der Waals surface area contributed by atoms with Crippen LogP contribution in [-0.2, 0) is 10.5 Å². The Balaban J connectivity index is 2.19. The van der Waals surface area contributed by atoms with Gasteiger partial charge in [-0.15, -0.1) is 11.8 Å². The van der Waals surface area contributed by atoms with Gasteiger partial charge in [-0.05, 0) is 37.6 Å². The normalized spacial score (nSPS) is 10.1. The average molecular weight is 342 g/mol. The van der Waals surface area contributed by atoms with E-state index >= 15 is 0 Å². The van der Waals surface area contributed by atoms with Gasteiger partial charge in [0, 0.05) is 5.75 Å². The van der Waals surface area contributed by atoms with Crippen LogP contribution < -0.4 is 4.74 Å². The predicted molar refractivity (Wildman–Crippen MR) is 92.2 cm³/mol. The third-order valence-corrected chi connectivity index (χ3v) is 4.39. The quantitative estimate of drug-likeness (QED) is 0.588. The van der Waals surface area contributed by atoms with Crippen molar-refractivity contribution in [3.63, 3.8) is 0 Å². The zero-order chi connectivity index (χ0) is 17.5. The molecule has 0 saturated carbocycles. The number of pyridine rings is 1. The molecule has 2 rings (SSSR count). The molecule has 1 aromatic carbocycles. The minimum absolute atomic E-state index is 0.286. The van der Waals surface area contributed by atoms with E-state index in [9.17, 15) is 10.1 Å². The van der Waals surface area contributed by atoms with Gasteiger partial charge < -0.3 is 9.47 Å². The number of nitriles is 1. The highest BCUT2D eigenvalue weighted by Gasteiger charge is 2.16. The van der Waals surface area contributed by atoms with Gasteiger partial charge in [0.15, 0.2) is 0 Å². The molecule has 5 nitrogen and oxygen atoms in total. The van der Waals surface area contributed by atoms with Gasteiger partial charge in [0.1, 0.15) is 16.8 Å². The number of aromatic nitrogens is 1. The van der Waals surface area contributed by atoms with Crippen molar-refractivity contribution in [3.8, 4) is 11.8 Å². The number of methoxy groups -OCH3 is 1. The summed E-state index contributed by atoms with van der Waals surface area (Å²) in [5.41, 5.74) is 2.37. The van der Waals surface area contributed by atoms with E-state index in [-0.39, 0.29) is 6.61 Å². The molecule has 0 aliphatic rings. The largest absolute Gasteiger partial charge is 0.497 e. The number of aryl methyl sites for hydroxylation is 1. The summed E-state index contributed by atoms with van der Waals surface area (Å²) in [6, 6.07) is 11.4. The summed E-state index contributed by atoms with van der Waals surface area (Å²) in [6.07, 6.45) is 0. The first kappa shape index (κ1) is 17.8. The van der Waals surface area contributed by atoms with Gasteiger partial charge in [0.2, 0.25) is 0 Å². The second kappa shape index (κ2) is 8.37. The van der Waals surface area contributed by atoms with Crippen LogP contribution in [0.4, 0.5) is 0 Å². The van der Waals surface area contributed by atoms with Crippen molar-refractivity contribution >= 4 is 17.7 Å². The number of hydrogen-bond donors (Lipinski definition) is 0. The Morgan fingerprint density at radius 2 is 2.04 bits per heavy atom. The summed E-state index contributed by atoms with van der Waals surface area (Å²) in [6.45, 7) is 3.77. The van der Waals surface area contributed by atoms with Crippen LogP contribution >= 0.6 is 11.8 Å². The van der Waals surface area contributed by atoms with Crippen molar-refractivity contribution < 1.29 is 14.3 Å². The Kier molecular flexibility index (Phi) is 6.21. The van der Waals surface area contributed by atoms with Gasteiger partial charge in [0.25, 0.3) is 0 Å². The van der Waals surface area contributed by atoms with Gasteiger partial charge in [-0.1, -0.05) is 12.1 Å². The summed E-state index contributed by atoms with van der Waals surface area (Å²) in [5, 5.41) is 9.95. The maximum absolute atomic E-state index is 11.9. The molecule has 0 atom stereocenters. The minimum Gasteiger partial charge on any atom is -0.497 e. The number of rotatable bonds is 6. The Bertz CT molecular complexity index is 767. The molecular formula is C18H18N2O3S. The predicted octanol–water partition coefficient (Wildman–Crippen LogP) is 3.74. The van der Waals surface area contributed by atoms with Crippen molar-refractivity contribution in [2.75, 3.05) is 13.7 Å². The second-order valence-electron chi connectivity index (χ2n) is 4.94. The van der Waals surface area contributed by atoms with E-state index in [1.165, 1.54) is 11.8 Å². The maximum atomic E-state index is 11.9. The topological polar surface area (TPSA) is 72.2 Å². The number of nitrogens with zero attached hydrogens (tertiary/aromatic N) is 2. The molecule has 0 unspecified atom stereocenters. The zero-order valence-electron chi connectivity index (χ0n) is 13.8. The third kappa shape index (κ3) is 4.27. The van der Waals surface area contributed by atoms with E-state index in [2.05, 4.69) is 11.1 Å². The summed E-state index contributed by atoms with van der Waals surface area (Å²) in [5.74, 6) is 1.02. The van der Waals surface area contributed by atoms with E-state index < -0.39 is 5.97 Å². The fraction of sp³-hybridized carbons (Fsp3) is 0.278. The Labute approximate surface area is 145 Å². The molecule has 0 bridgehead atoms. The molecule has 2 aromatic rings. The fourth-order valence-corrected chi connectivity index (χ4v) is 3.02. The number of ether oxygens (including phenoxy) is 2. The van der Waals surface area contributed by atoms with Crippen LogP contribution in [0.5, 0.6) is 5.75 Å². The third-order valence-electron chi connectivity index (χ3n) is 3.33. The summed E-state index contributed by atoms with van der Waals surface area (Å²) in [7, 11) is 1.63. The van der Waals surface area contributed by atoms with Crippen LogP contribution in [0.15, 0.2) is 35.4 Å². The van der Waals surface area contributed by atoms with E-state index in [1.54, 1.807) is 27.0 Å². The van der Waals surface area contributed by atoms with E-state index in [1.807, 2.05) is 24.3 Å². The van der Waals surface area contributed by atoms with E-state index in [0.717, 1.165) is 11.3 Å². The zero-order valence-corrected chi connectivity index (χ0v) is 14.6. The average Bonchev–Trinajstić information content (AvgIpc) is 2.60. The molecule has 1 heterocycles. The van der Waals surface area contributed by atoms with Crippen LogP contribution in [0.2, 0.25) is 0 Å². The molecule has 1 aromatic heterocycles. The molecule has 0 amide bonds. The molecule has 0 aliphatic heterocycles. The maximum Gasteiger partial charge on any atom is 0.340 e. The van der Waals surface area contributed by atoms with Crippen LogP contribution in [-0.4, -0.2) is 24.7 Å². The molecule has 0 aliphatic carbocycles. The fourth-order valence-electron chi connectivity index (χ4n) is 2.06. The van der Waals surface area contributed by atoms with Gasteiger partial charge in [0.05, 0.1) is 30.5 Å². The van der Waals surface area contributed by atoms with Crippen LogP contribution in [0.3, 0.4) is 0 Å². The van der Waals surface area contributed by atoms with Crippen LogP contribution in [0.1, 0.15) is 34.1 Å². The van der Waals surface area contributed by atoms with Crippen molar-refractivity contribution in [2.45, 2.75) is 24.6 Å². The highest BCUT2D eigenvalue weighted by atomic mass is 32.2. The lowest BCUT2D eigenvalue weighted by atomic mass is 10.1. The van der Waals surface area contributed by atoms with Crippen LogP contribution in [0, 0.1) is 18.3 Å². The lowest BCUT2D eigenvalue weighted by Gasteiger charge is -2.09. The molecule has 0 spiro atoms. The highest BCUT2D eigenvalue weighted by molar-refractivity contribution is 7.98. The lowest BCUT2D eigenvalue weighted by Crippen LogP contribution is -2.09. The monoisotopic (exact) mass is 342 g/mol. The minimum atomic E-state index is -0.453. The van der Waals surface area contributed by atoms with Gasteiger partial charge in [-0.3, -0.25) is 0 Å². The number of hydrogen-bond acceptors (Lipinski definition) is 6. The number of carbonyl (C=O) groups excluding carboxylic acids is 1. The molecule has 0 N–H and O–H groups in total. The summed E-state index contributed by atoms with van der Waals surface area (Å²) in [4.78, 5) is 16.3. The van der Waals surface area contributed by atoms with Gasteiger partial charge >= 0.3 is 5.97 Å². The number of carbonyl (C=O) groups is 1. The number of thioether (sulfide) groups is 1. The number of esters is 1. The molecule has 124 valence electrons. The summed E-state index contributed by atoms with van der Waals surface area (Å²) < 4.78 is 10.1. The van der Waals surface area contributed by atoms with E-state index in [4.69, 9.17) is 9.47 Å². The standard InChI is InChI=1S/C18H18N2O3S/c1-4-23-18(21)16-9-14(10-19)17(20-12(16)2)24-11-13-5-7-15(22-3)8-6-13/h5-9H,4,11H2,1-3H3. The molecular weight excluding hydrogens is 324 g/mol. The number of benzene rings is 1. The van der Waals surface area contributed by atoms with Gasteiger partial charge in [-0.25, -0.2) is 9.78 Å². The molecule has 0 radical (unpaired) electrons. The smallest absolute Gasteiger partial charge is 0.340 e. The van der Waals surface area contributed by atoms with Crippen molar-refractivity contribution in [1.82, 2.24) is 4.98 Å². The van der Waals surface area contributed by atoms with E-state index in [0.29, 0.717) is 27.6 Å².